The second-order valence-electron chi connectivity index (χ2n) is 5.14. The third kappa shape index (κ3) is 3.33. The highest BCUT2D eigenvalue weighted by atomic mass is 16.6. The van der Waals surface area contributed by atoms with Crippen LogP contribution in [0.3, 0.4) is 0 Å². The van der Waals surface area contributed by atoms with Crippen molar-refractivity contribution in [2.24, 2.45) is 4.99 Å². The number of para-hydroxylation sites is 1. The van der Waals surface area contributed by atoms with Gasteiger partial charge in [-0.2, -0.15) is 0 Å². The van der Waals surface area contributed by atoms with Crippen molar-refractivity contribution in [3.63, 3.8) is 0 Å². The van der Waals surface area contributed by atoms with Crippen LogP contribution in [0.1, 0.15) is 11.1 Å². The van der Waals surface area contributed by atoms with Crippen LogP contribution in [0.5, 0.6) is 17.2 Å². The predicted octanol–water partition coefficient (Wildman–Crippen LogP) is 3.06. The molecule has 1 aliphatic heterocycles. The number of rotatable bonds is 5. The van der Waals surface area contributed by atoms with Gasteiger partial charge in [-0.05, 0) is 36.4 Å². The molecule has 25 heavy (non-hydrogen) atoms. The average molecular weight is 339 g/mol. The first-order chi connectivity index (χ1) is 12.2. The Morgan fingerprint density at radius 3 is 2.44 bits per heavy atom. The molecule has 6 heteroatoms. The van der Waals surface area contributed by atoms with Crippen LogP contribution in [-0.4, -0.2) is 33.2 Å². The molecule has 0 saturated heterocycles. The standard InChI is InChI=1S/C19H17NO5/c1-22-13-8-9-16(23-2)12(10-13)11-15-19(21)25-18(20-15)14-6-4-5-7-17(14)24-3/h4-11H,1-3H3/b15-11+. The van der Waals surface area contributed by atoms with Gasteiger partial charge in [0.15, 0.2) is 5.70 Å². The Morgan fingerprint density at radius 1 is 0.960 bits per heavy atom. The van der Waals surface area contributed by atoms with Crippen molar-refractivity contribution >= 4 is 17.9 Å². The smallest absolute Gasteiger partial charge is 0.363 e. The summed E-state index contributed by atoms with van der Waals surface area (Å²) in [6.07, 6.45) is 1.60. The van der Waals surface area contributed by atoms with Crippen molar-refractivity contribution in [1.29, 1.82) is 0 Å². The van der Waals surface area contributed by atoms with Crippen LogP contribution in [0.2, 0.25) is 0 Å². The number of hydrogen-bond acceptors (Lipinski definition) is 6. The lowest BCUT2D eigenvalue weighted by molar-refractivity contribution is -0.129. The minimum absolute atomic E-state index is 0.174. The second kappa shape index (κ2) is 7.09. The third-order valence-electron chi connectivity index (χ3n) is 3.69. The number of aliphatic imine (C=N–C) groups is 1. The van der Waals surface area contributed by atoms with E-state index in [9.17, 15) is 4.79 Å². The van der Waals surface area contributed by atoms with Crippen molar-refractivity contribution in [3.05, 3.63) is 59.3 Å². The Kier molecular flexibility index (Phi) is 4.70. The van der Waals surface area contributed by atoms with E-state index in [1.165, 1.54) is 0 Å². The maximum atomic E-state index is 12.2. The number of benzene rings is 2. The van der Waals surface area contributed by atoms with Gasteiger partial charge in [0.1, 0.15) is 17.2 Å². The molecular weight excluding hydrogens is 322 g/mol. The zero-order chi connectivity index (χ0) is 17.8. The molecule has 0 atom stereocenters. The molecule has 0 unspecified atom stereocenters. The molecule has 0 fully saturated rings. The highest BCUT2D eigenvalue weighted by molar-refractivity contribution is 6.13. The molecule has 0 N–H and O–H groups in total. The van der Waals surface area contributed by atoms with Crippen LogP contribution in [-0.2, 0) is 9.53 Å². The molecule has 0 radical (unpaired) electrons. The Labute approximate surface area is 145 Å². The van der Waals surface area contributed by atoms with Crippen molar-refractivity contribution in [1.82, 2.24) is 0 Å². The van der Waals surface area contributed by atoms with E-state index in [2.05, 4.69) is 4.99 Å². The lowest BCUT2D eigenvalue weighted by Crippen LogP contribution is -2.06. The summed E-state index contributed by atoms with van der Waals surface area (Å²) in [4.78, 5) is 16.5. The maximum absolute atomic E-state index is 12.2. The molecular formula is C19H17NO5. The lowest BCUT2D eigenvalue weighted by atomic mass is 10.1. The van der Waals surface area contributed by atoms with Gasteiger partial charge in [0.25, 0.3) is 0 Å². The summed E-state index contributed by atoms with van der Waals surface area (Å²) in [6, 6.07) is 12.5. The lowest BCUT2D eigenvalue weighted by Gasteiger charge is -2.07. The Bertz CT molecular complexity index is 870. The number of carbonyl (C=O) groups excluding carboxylic acids is 1. The molecule has 0 saturated carbocycles. The highest BCUT2D eigenvalue weighted by Gasteiger charge is 2.26. The summed E-state index contributed by atoms with van der Waals surface area (Å²) in [5.41, 5.74) is 1.45. The van der Waals surface area contributed by atoms with Gasteiger partial charge in [-0.3, -0.25) is 0 Å². The van der Waals surface area contributed by atoms with E-state index in [0.717, 1.165) is 0 Å². The summed E-state index contributed by atoms with van der Waals surface area (Å²) >= 11 is 0. The molecule has 0 aromatic heterocycles. The van der Waals surface area contributed by atoms with Crippen LogP contribution in [0.15, 0.2) is 53.2 Å². The van der Waals surface area contributed by atoms with Gasteiger partial charge in [0, 0.05) is 5.56 Å². The number of methoxy groups -OCH3 is 3. The summed E-state index contributed by atoms with van der Waals surface area (Å²) in [6.45, 7) is 0. The van der Waals surface area contributed by atoms with Crippen LogP contribution >= 0.6 is 0 Å². The fourth-order valence-corrected chi connectivity index (χ4v) is 2.45. The van der Waals surface area contributed by atoms with E-state index >= 15 is 0 Å². The Hall–Kier alpha value is -3.28. The van der Waals surface area contributed by atoms with E-state index in [0.29, 0.717) is 28.4 Å². The normalized spacial score (nSPS) is 14.9. The number of hydrogen-bond donors (Lipinski definition) is 0. The fourth-order valence-electron chi connectivity index (χ4n) is 2.45. The number of carbonyl (C=O) groups is 1. The molecule has 128 valence electrons. The van der Waals surface area contributed by atoms with E-state index in [1.807, 2.05) is 12.1 Å². The van der Waals surface area contributed by atoms with Crippen LogP contribution in [0, 0.1) is 0 Å². The highest BCUT2D eigenvalue weighted by Crippen LogP contribution is 2.29. The molecule has 0 spiro atoms. The quantitative estimate of drug-likeness (QED) is 0.619. The van der Waals surface area contributed by atoms with Gasteiger partial charge in [0.2, 0.25) is 5.90 Å². The Balaban J connectivity index is 2.02. The number of ether oxygens (including phenoxy) is 4. The van der Waals surface area contributed by atoms with Gasteiger partial charge in [-0.15, -0.1) is 0 Å². The van der Waals surface area contributed by atoms with E-state index in [1.54, 1.807) is 57.7 Å². The topological polar surface area (TPSA) is 66.3 Å². The van der Waals surface area contributed by atoms with Gasteiger partial charge in [-0.1, -0.05) is 12.1 Å². The van der Waals surface area contributed by atoms with Crippen LogP contribution in [0.25, 0.3) is 6.08 Å². The summed E-state index contributed by atoms with van der Waals surface area (Å²) in [7, 11) is 4.68. The first-order valence-electron chi connectivity index (χ1n) is 7.54. The zero-order valence-corrected chi connectivity index (χ0v) is 14.1. The molecule has 0 amide bonds. The molecule has 0 aliphatic carbocycles. The van der Waals surface area contributed by atoms with Crippen molar-refractivity contribution in [2.75, 3.05) is 21.3 Å². The number of nitrogens with zero attached hydrogens (tertiary/aromatic N) is 1. The van der Waals surface area contributed by atoms with E-state index < -0.39 is 5.97 Å². The molecule has 2 aromatic carbocycles. The average Bonchev–Trinajstić information content (AvgIpc) is 3.02. The number of esters is 1. The van der Waals surface area contributed by atoms with E-state index in [4.69, 9.17) is 18.9 Å². The second-order valence-corrected chi connectivity index (χ2v) is 5.14. The van der Waals surface area contributed by atoms with Gasteiger partial charge < -0.3 is 18.9 Å². The Morgan fingerprint density at radius 2 is 1.72 bits per heavy atom. The SMILES string of the molecule is COc1ccc(OC)c(/C=C2/N=C(c3ccccc3OC)OC2=O)c1. The summed E-state index contributed by atoms with van der Waals surface area (Å²) in [5.74, 6) is 1.49. The summed E-state index contributed by atoms with van der Waals surface area (Å²) in [5, 5.41) is 0. The van der Waals surface area contributed by atoms with Crippen molar-refractivity contribution in [2.45, 2.75) is 0 Å². The monoisotopic (exact) mass is 339 g/mol. The molecule has 2 aromatic rings. The molecule has 6 nitrogen and oxygen atoms in total. The van der Waals surface area contributed by atoms with Gasteiger partial charge in [-0.25, -0.2) is 9.79 Å². The minimum Gasteiger partial charge on any atom is -0.497 e. The minimum atomic E-state index is -0.536. The van der Waals surface area contributed by atoms with Crippen LogP contribution < -0.4 is 14.2 Å². The van der Waals surface area contributed by atoms with Crippen molar-refractivity contribution in [3.8, 4) is 17.2 Å². The third-order valence-corrected chi connectivity index (χ3v) is 3.69. The number of cyclic esters (lactones) is 1. The van der Waals surface area contributed by atoms with E-state index in [-0.39, 0.29) is 11.6 Å². The predicted molar refractivity (Wildman–Crippen MR) is 93.1 cm³/mol. The molecule has 0 bridgehead atoms. The fraction of sp³-hybridized carbons (Fsp3) is 0.158. The molecule has 1 aliphatic rings. The zero-order valence-electron chi connectivity index (χ0n) is 14.1. The van der Waals surface area contributed by atoms with Gasteiger partial charge >= 0.3 is 5.97 Å². The first-order valence-corrected chi connectivity index (χ1v) is 7.54. The largest absolute Gasteiger partial charge is 0.497 e. The molecule has 3 rings (SSSR count). The summed E-state index contributed by atoms with van der Waals surface area (Å²) < 4.78 is 21.1. The molecule has 1 heterocycles. The van der Waals surface area contributed by atoms with Crippen LogP contribution in [0.4, 0.5) is 0 Å². The first kappa shape index (κ1) is 16.6. The van der Waals surface area contributed by atoms with Gasteiger partial charge in [0.05, 0.1) is 26.9 Å². The maximum Gasteiger partial charge on any atom is 0.363 e. The van der Waals surface area contributed by atoms with Crippen molar-refractivity contribution < 1.29 is 23.7 Å².